The molecule has 4 rings (SSSR count). The number of aromatic nitrogens is 3. The van der Waals surface area contributed by atoms with E-state index in [2.05, 4.69) is 10.3 Å². The molecule has 0 unspecified atom stereocenters. The second-order valence-corrected chi connectivity index (χ2v) is 7.86. The third-order valence-corrected chi connectivity index (χ3v) is 5.53. The predicted octanol–water partition coefficient (Wildman–Crippen LogP) is 3.25. The van der Waals surface area contributed by atoms with E-state index in [1.807, 2.05) is 13.8 Å². The van der Waals surface area contributed by atoms with E-state index in [0.29, 0.717) is 29.5 Å². The van der Waals surface area contributed by atoms with Crippen LogP contribution in [-0.2, 0) is 6.54 Å². The van der Waals surface area contributed by atoms with Gasteiger partial charge in [0, 0.05) is 36.6 Å². The number of ether oxygens (including phenoxy) is 1. The zero-order chi connectivity index (χ0) is 21.4. The van der Waals surface area contributed by atoms with Gasteiger partial charge in [-0.2, -0.15) is 0 Å². The van der Waals surface area contributed by atoms with Gasteiger partial charge in [0.2, 0.25) is 5.65 Å². The highest BCUT2D eigenvalue weighted by Crippen LogP contribution is 2.33. The molecule has 7 nitrogen and oxygen atoms in total. The highest BCUT2D eigenvalue weighted by Gasteiger charge is 2.26. The first-order chi connectivity index (χ1) is 14.4. The molecule has 1 atom stereocenters. The maximum atomic E-state index is 14.8. The molecule has 1 amide bonds. The van der Waals surface area contributed by atoms with E-state index in [1.54, 1.807) is 22.9 Å². The number of amides is 1. The van der Waals surface area contributed by atoms with Crippen molar-refractivity contribution in [2.45, 2.75) is 45.7 Å². The molecule has 2 heterocycles. The summed E-state index contributed by atoms with van der Waals surface area (Å²) >= 11 is 0. The zero-order valence-electron chi connectivity index (χ0n) is 17.3. The number of halogens is 1. The van der Waals surface area contributed by atoms with Crippen LogP contribution in [0.1, 0.15) is 43.6 Å². The molecular weight excluding hydrogens is 387 g/mol. The molecule has 158 valence electrons. The van der Waals surface area contributed by atoms with Gasteiger partial charge in [0.15, 0.2) is 0 Å². The maximum Gasteiger partial charge on any atom is 0.294 e. The standard InChI is InChI=1S/C22H25FN4O3/c1-4-13(2)24-21(28)18-11-26-12-19(16-8-7-15(30-3)9-17(16)23)27(10-14-5-6-14)22(29)20(26)25-18/h7-9,11-14H,4-6,10H2,1-3H3,(H,24,28)/t13-/m1/s1. The average molecular weight is 412 g/mol. The first-order valence-electron chi connectivity index (χ1n) is 10.2. The van der Waals surface area contributed by atoms with Crippen molar-refractivity contribution >= 4 is 11.6 Å². The van der Waals surface area contributed by atoms with Crippen LogP contribution >= 0.6 is 0 Å². The number of carbonyl (C=O) groups excluding carboxylic acids is 1. The SMILES string of the molecule is CC[C@@H](C)NC(=O)c1cn2cc(-c3ccc(OC)cc3F)n(CC3CC3)c(=O)c2n1. The van der Waals surface area contributed by atoms with Gasteiger partial charge in [0.05, 0.1) is 12.8 Å². The average Bonchev–Trinajstić information content (AvgIpc) is 3.45. The highest BCUT2D eigenvalue weighted by atomic mass is 19.1. The maximum absolute atomic E-state index is 14.8. The van der Waals surface area contributed by atoms with Crippen LogP contribution in [0.3, 0.4) is 0 Å². The van der Waals surface area contributed by atoms with Crippen LogP contribution in [0.2, 0.25) is 0 Å². The lowest BCUT2D eigenvalue weighted by molar-refractivity contribution is 0.0935. The molecule has 8 heteroatoms. The van der Waals surface area contributed by atoms with Crippen molar-refractivity contribution in [3.8, 4) is 17.0 Å². The van der Waals surface area contributed by atoms with Gasteiger partial charge in [0.1, 0.15) is 17.3 Å². The molecule has 30 heavy (non-hydrogen) atoms. The molecule has 0 aliphatic heterocycles. The number of hydrogen-bond acceptors (Lipinski definition) is 4. The Labute approximate surface area is 173 Å². The highest BCUT2D eigenvalue weighted by molar-refractivity contribution is 5.93. The van der Waals surface area contributed by atoms with E-state index in [9.17, 15) is 14.0 Å². The summed E-state index contributed by atoms with van der Waals surface area (Å²) in [5, 5.41) is 2.85. The molecule has 1 fully saturated rings. The van der Waals surface area contributed by atoms with Gasteiger partial charge >= 0.3 is 0 Å². The second-order valence-electron chi connectivity index (χ2n) is 7.86. The molecule has 1 saturated carbocycles. The molecule has 2 aromatic heterocycles. The minimum absolute atomic E-state index is 0.00204. The van der Waals surface area contributed by atoms with Gasteiger partial charge in [-0.1, -0.05) is 6.92 Å². The van der Waals surface area contributed by atoms with Crippen LogP contribution in [0.15, 0.2) is 35.4 Å². The summed E-state index contributed by atoms with van der Waals surface area (Å²) < 4.78 is 23.0. The molecule has 0 saturated heterocycles. The second kappa shape index (κ2) is 7.93. The Morgan fingerprint density at radius 1 is 1.37 bits per heavy atom. The Kier molecular flexibility index (Phi) is 5.32. The van der Waals surface area contributed by atoms with Crippen LogP contribution in [0.25, 0.3) is 16.9 Å². The smallest absolute Gasteiger partial charge is 0.294 e. The van der Waals surface area contributed by atoms with Gasteiger partial charge in [0.25, 0.3) is 11.5 Å². The summed E-state index contributed by atoms with van der Waals surface area (Å²) in [5.41, 5.74) is 0.734. The fourth-order valence-corrected chi connectivity index (χ4v) is 3.38. The van der Waals surface area contributed by atoms with Crippen LogP contribution in [-0.4, -0.2) is 33.0 Å². The Balaban J connectivity index is 1.84. The van der Waals surface area contributed by atoms with E-state index in [1.165, 1.54) is 23.8 Å². The number of hydrogen-bond donors (Lipinski definition) is 1. The molecule has 3 aromatic rings. The fraction of sp³-hybridized carbons (Fsp3) is 0.409. The van der Waals surface area contributed by atoms with E-state index in [0.717, 1.165) is 19.3 Å². The summed E-state index contributed by atoms with van der Waals surface area (Å²) in [5.74, 6) is -0.0146. The molecule has 1 N–H and O–H groups in total. The van der Waals surface area contributed by atoms with Gasteiger partial charge in [-0.05, 0) is 44.2 Å². The molecule has 0 radical (unpaired) electrons. The lowest BCUT2D eigenvalue weighted by Gasteiger charge is -2.14. The van der Waals surface area contributed by atoms with Crippen molar-refractivity contribution in [2.75, 3.05) is 7.11 Å². The van der Waals surface area contributed by atoms with Gasteiger partial charge in [-0.3, -0.25) is 14.0 Å². The minimum Gasteiger partial charge on any atom is -0.497 e. The summed E-state index contributed by atoms with van der Waals surface area (Å²) in [6.45, 7) is 4.37. The number of nitrogens with one attached hydrogen (secondary N) is 1. The van der Waals surface area contributed by atoms with Gasteiger partial charge in [-0.25, -0.2) is 9.37 Å². The fourth-order valence-electron chi connectivity index (χ4n) is 3.38. The van der Waals surface area contributed by atoms with Crippen LogP contribution < -0.4 is 15.6 Å². The number of methoxy groups -OCH3 is 1. The lowest BCUT2D eigenvalue weighted by Crippen LogP contribution is -2.32. The largest absolute Gasteiger partial charge is 0.497 e. The van der Waals surface area contributed by atoms with E-state index in [4.69, 9.17) is 4.74 Å². The summed E-state index contributed by atoms with van der Waals surface area (Å²) in [6.07, 6.45) is 6.05. The summed E-state index contributed by atoms with van der Waals surface area (Å²) in [4.78, 5) is 30.0. The monoisotopic (exact) mass is 412 g/mol. The molecular formula is C22H25FN4O3. The molecule has 1 aliphatic rings. The number of carbonyl (C=O) groups is 1. The van der Waals surface area contributed by atoms with Crippen LogP contribution in [0, 0.1) is 11.7 Å². The Morgan fingerprint density at radius 2 is 2.13 bits per heavy atom. The third kappa shape index (κ3) is 3.81. The quantitative estimate of drug-likeness (QED) is 0.646. The predicted molar refractivity (Wildman–Crippen MR) is 111 cm³/mol. The topological polar surface area (TPSA) is 77.6 Å². The number of nitrogens with zero attached hydrogens (tertiary/aromatic N) is 3. The molecule has 0 bridgehead atoms. The Bertz CT molecular complexity index is 1160. The summed E-state index contributed by atoms with van der Waals surface area (Å²) in [6, 6.07) is 4.56. The number of rotatable bonds is 7. The molecule has 1 aliphatic carbocycles. The number of benzene rings is 1. The number of fused-ring (bicyclic) bond motifs is 1. The lowest BCUT2D eigenvalue weighted by atomic mass is 10.1. The van der Waals surface area contributed by atoms with Crippen molar-refractivity contribution in [2.24, 2.45) is 5.92 Å². The van der Waals surface area contributed by atoms with Crippen molar-refractivity contribution in [1.82, 2.24) is 19.3 Å². The normalized spacial score (nSPS) is 14.7. The zero-order valence-corrected chi connectivity index (χ0v) is 17.3. The molecule has 1 aromatic carbocycles. The first-order valence-corrected chi connectivity index (χ1v) is 10.2. The van der Waals surface area contributed by atoms with Crippen molar-refractivity contribution in [3.05, 3.63) is 52.5 Å². The molecule has 0 spiro atoms. The van der Waals surface area contributed by atoms with Crippen molar-refractivity contribution in [1.29, 1.82) is 0 Å². The number of imidazole rings is 1. The first kappa shape index (κ1) is 20.1. The van der Waals surface area contributed by atoms with E-state index in [-0.39, 0.29) is 28.8 Å². The Hall–Kier alpha value is -3.16. The Morgan fingerprint density at radius 3 is 2.77 bits per heavy atom. The van der Waals surface area contributed by atoms with Gasteiger partial charge in [-0.15, -0.1) is 0 Å². The van der Waals surface area contributed by atoms with Crippen LogP contribution in [0.5, 0.6) is 5.75 Å². The van der Waals surface area contributed by atoms with Crippen molar-refractivity contribution < 1.29 is 13.9 Å². The van der Waals surface area contributed by atoms with E-state index < -0.39 is 5.82 Å². The minimum atomic E-state index is -0.479. The summed E-state index contributed by atoms with van der Waals surface area (Å²) in [7, 11) is 1.47. The van der Waals surface area contributed by atoms with Crippen LogP contribution in [0.4, 0.5) is 4.39 Å². The van der Waals surface area contributed by atoms with Crippen molar-refractivity contribution in [3.63, 3.8) is 0 Å². The third-order valence-electron chi connectivity index (χ3n) is 5.53. The van der Waals surface area contributed by atoms with E-state index >= 15 is 0 Å². The van der Waals surface area contributed by atoms with Gasteiger partial charge < -0.3 is 14.6 Å².